The number of aryl methyl sites for hydroxylation is 1. The Hall–Kier alpha value is -2.18. The van der Waals surface area contributed by atoms with E-state index in [1.807, 2.05) is 0 Å². The summed E-state index contributed by atoms with van der Waals surface area (Å²) in [6.45, 7) is 1.60. The first-order valence-corrected chi connectivity index (χ1v) is 10.3. The quantitative estimate of drug-likeness (QED) is 0.529. The summed E-state index contributed by atoms with van der Waals surface area (Å²) >= 11 is 2.06. The van der Waals surface area contributed by atoms with Gasteiger partial charge in [-0.05, 0) is 24.6 Å². The Morgan fingerprint density at radius 1 is 1.23 bits per heavy atom. The minimum absolute atomic E-state index is 0.0398. The Kier molecular flexibility index (Phi) is 6.56. The van der Waals surface area contributed by atoms with Gasteiger partial charge >= 0.3 is 11.9 Å². The van der Waals surface area contributed by atoms with Crippen molar-refractivity contribution in [2.75, 3.05) is 24.7 Å². The molecule has 1 heterocycles. The normalized spacial score (nSPS) is 11.0. The molecule has 0 atom stereocenters. The highest BCUT2D eigenvalue weighted by Crippen LogP contribution is 2.28. The zero-order valence-electron chi connectivity index (χ0n) is 14.0. The summed E-state index contributed by atoms with van der Waals surface area (Å²) in [6, 6.07) is 4.22. The predicted molar refractivity (Wildman–Crippen MR) is 96.0 cm³/mol. The number of nitrogens with one attached hydrogen (secondary N) is 1. The minimum atomic E-state index is -3.98. The number of hydrogen-bond acceptors (Lipinski definition) is 10. The fourth-order valence-corrected chi connectivity index (χ4v) is 4.88. The molecule has 0 aliphatic heterocycles. The van der Waals surface area contributed by atoms with Crippen LogP contribution >= 0.6 is 23.1 Å². The van der Waals surface area contributed by atoms with Gasteiger partial charge in [0, 0.05) is 0 Å². The SMILES string of the molecule is COC(=O)CSc1nnc(NS(=O)(=O)c2cc(C(=O)OC)ccc2C)s1. The second-order valence-electron chi connectivity index (χ2n) is 4.82. The largest absolute Gasteiger partial charge is 0.468 e. The van der Waals surface area contributed by atoms with Crippen LogP contribution in [0.3, 0.4) is 0 Å². The summed E-state index contributed by atoms with van der Waals surface area (Å²) in [5.41, 5.74) is 0.569. The highest BCUT2D eigenvalue weighted by Gasteiger charge is 2.21. The highest BCUT2D eigenvalue weighted by molar-refractivity contribution is 8.01. The highest BCUT2D eigenvalue weighted by atomic mass is 32.2. The van der Waals surface area contributed by atoms with Crippen LogP contribution < -0.4 is 4.72 Å². The molecule has 0 unspecified atom stereocenters. The van der Waals surface area contributed by atoms with Gasteiger partial charge in [-0.1, -0.05) is 29.2 Å². The van der Waals surface area contributed by atoms with Gasteiger partial charge in [-0.15, -0.1) is 10.2 Å². The molecule has 140 valence electrons. The molecule has 12 heteroatoms. The number of aromatic nitrogens is 2. The third-order valence-corrected chi connectivity index (χ3v) is 6.62. The van der Waals surface area contributed by atoms with Crippen LogP contribution in [0.5, 0.6) is 0 Å². The van der Waals surface area contributed by atoms with Gasteiger partial charge in [0.2, 0.25) is 5.13 Å². The first-order valence-electron chi connectivity index (χ1n) is 7.01. The van der Waals surface area contributed by atoms with Crippen LogP contribution in [0.1, 0.15) is 15.9 Å². The molecule has 0 saturated carbocycles. The van der Waals surface area contributed by atoms with E-state index in [4.69, 9.17) is 0 Å². The van der Waals surface area contributed by atoms with Gasteiger partial charge in [-0.3, -0.25) is 9.52 Å². The number of nitrogens with zero attached hydrogens (tertiary/aromatic N) is 2. The summed E-state index contributed by atoms with van der Waals surface area (Å²) in [5, 5.41) is 7.59. The van der Waals surface area contributed by atoms with Gasteiger partial charge in [-0.2, -0.15) is 0 Å². The minimum Gasteiger partial charge on any atom is -0.468 e. The number of carbonyl (C=O) groups excluding carboxylic acids is 2. The van der Waals surface area contributed by atoms with Crippen molar-refractivity contribution in [1.82, 2.24) is 10.2 Å². The van der Waals surface area contributed by atoms with E-state index in [2.05, 4.69) is 24.4 Å². The molecule has 1 aromatic heterocycles. The molecular formula is C14H15N3O6S3. The summed E-state index contributed by atoms with van der Waals surface area (Å²) in [4.78, 5) is 22.7. The Balaban J connectivity index is 2.20. The molecule has 0 spiro atoms. The maximum atomic E-state index is 12.6. The fourth-order valence-electron chi connectivity index (χ4n) is 1.79. The van der Waals surface area contributed by atoms with Crippen molar-refractivity contribution in [1.29, 1.82) is 0 Å². The zero-order valence-corrected chi connectivity index (χ0v) is 16.5. The second kappa shape index (κ2) is 8.47. The molecule has 1 aromatic carbocycles. The molecule has 0 aliphatic rings. The van der Waals surface area contributed by atoms with E-state index in [0.717, 1.165) is 23.1 Å². The molecule has 2 aromatic rings. The summed E-state index contributed by atoms with van der Waals surface area (Å²) in [6.07, 6.45) is 0. The molecule has 9 nitrogen and oxygen atoms in total. The van der Waals surface area contributed by atoms with Crippen LogP contribution in [-0.2, 0) is 24.3 Å². The average Bonchev–Trinajstić information content (AvgIpc) is 3.05. The Labute approximate surface area is 158 Å². The number of ether oxygens (including phenoxy) is 2. The molecule has 0 amide bonds. The average molecular weight is 417 g/mol. The molecular weight excluding hydrogens is 402 g/mol. The van der Waals surface area contributed by atoms with Crippen molar-refractivity contribution >= 4 is 50.2 Å². The summed E-state index contributed by atoms with van der Waals surface area (Å²) in [7, 11) is -1.50. The first kappa shape index (κ1) is 20.1. The molecule has 0 fully saturated rings. The lowest BCUT2D eigenvalue weighted by Crippen LogP contribution is -2.15. The van der Waals surface area contributed by atoms with Gasteiger partial charge in [0.25, 0.3) is 10.0 Å². The van der Waals surface area contributed by atoms with Gasteiger partial charge in [-0.25, -0.2) is 13.2 Å². The molecule has 0 radical (unpaired) electrons. The third kappa shape index (κ3) is 4.93. The number of methoxy groups -OCH3 is 2. The van der Waals surface area contributed by atoms with Crippen molar-refractivity contribution in [3.63, 3.8) is 0 Å². The molecule has 1 N–H and O–H groups in total. The number of benzene rings is 1. The molecule has 0 saturated heterocycles. The molecule has 2 rings (SSSR count). The van der Waals surface area contributed by atoms with E-state index < -0.39 is 22.0 Å². The van der Waals surface area contributed by atoms with E-state index >= 15 is 0 Å². The zero-order chi connectivity index (χ0) is 19.3. The van der Waals surface area contributed by atoms with Crippen LogP contribution in [0, 0.1) is 6.92 Å². The van der Waals surface area contributed by atoms with Gasteiger partial charge < -0.3 is 9.47 Å². The third-order valence-electron chi connectivity index (χ3n) is 3.07. The van der Waals surface area contributed by atoms with Gasteiger partial charge in [0.05, 0.1) is 30.4 Å². The lowest BCUT2D eigenvalue weighted by atomic mass is 10.1. The van der Waals surface area contributed by atoms with E-state index in [1.165, 1.54) is 32.4 Å². The summed E-state index contributed by atoms with van der Waals surface area (Å²) in [5.74, 6) is -1.03. The van der Waals surface area contributed by atoms with Crippen LogP contribution in [0.2, 0.25) is 0 Å². The van der Waals surface area contributed by atoms with E-state index in [1.54, 1.807) is 6.92 Å². The van der Waals surface area contributed by atoms with Crippen LogP contribution in [-0.4, -0.2) is 50.5 Å². The van der Waals surface area contributed by atoms with Crippen molar-refractivity contribution in [3.8, 4) is 0 Å². The summed E-state index contributed by atoms with van der Waals surface area (Å²) < 4.78 is 37.1. The van der Waals surface area contributed by atoms with Crippen molar-refractivity contribution in [3.05, 3.63) is 29.3 Å². The standard InChI is InChI=1S/C14H15N3O6S3/c1-8-4-5-9(12(19)23-3)6-10(8)26(20,21)17-13-15-16-14(25-13)24-7-11(18)22-2/h4-6H,7H2,1-3H3,(H,15,17). The molecule has 26 heavy (non-hydrogen) atoms. The first-order chi connectivity index (χ1) is 12.3. The van der Waals surface area contributed by atoms with E-state index in [-0.39, 0.29) is 21.3 Å². The monoisotopic (exact) mass is 417 g/mol. The Morgan fingerprint density at radius 2 is 1.96 bits per heavy atom. The van der Waals surface area contributed by atoms with E-state index in [0.29, 0.717) is 9.90 Å². The number of sulfonamides is 1. The number of anilines is 1. The van der Waals surface area contributed by atoms with Crippen LogP contribution in [0.15, 0.2) is 27.4 Å². The van der Waals surface area contributed by atoms with Crippen LogP contribution in [0.4, 0.5) is 5.13 Å². The molecule has 0 aliphatic carbocycles. The topological polar surface area (TPSA) is 125 Å². The van der Waals surface area contributed by atoms with Crippen LogP contribution in [0.25, 0.3) is 0 Å². The predicted octanol–water partition coefficient (Wildman–Crippen LogP) is 1.70. The van der Waals surface area contributed by atoms with Gasteiger partial charge in [0.1, 0.15) is 0 Å². The van der Waals surface area contributed by atoms with Gasteiger partial charge in [0.15, 0.2) is 4.34 Å². The number of esters is 2. The van der Waals surface area contributed by atoms with Crippen molar-refractivity contribution in [2.24, 2.45) is 0 Å². The van der Waals surface area contributed by atoms with Crippen molar-refractivity contribution in [2.45, 2.75) is 16.2 Å². The Morgan fingerprint density at radius 3 is 2.62 bits per heavy atom. The smallest absolute Gasteiger partial charge is 0.337 e. The number of thioether (sulfide) groups is 1. The Bertz CT molecular complexity index is 926. The van der Waals surface area contributed by atoms with E-state index in [9.17, 15) is 18.0 Å². The maximum Gasteiger partial charge on any atom is 0.337 e. The lowest BCUT2D eigenvalue weighted by molar-refractivity contribution is -0.137. The number of rotatable bonds is 7. The second-order valence-corrected chi connectivity index (χ2v) is 8.67. The number of hydrogen-bond donors (Lipinski definition) is 1. The fraction of sp³-hybridized carbons (Fsp3) is 0.286. The van der Waals surface area contributed by atoms with Crippen molar-refractivity contribution < 1.29 is 27.5 Å². The number of carbonyl (C=O) groups is 2. The lowest BCUT2D eigenvalue weighted by Gasteiger charge is -2.09. The molecule has 0 bridgehead atoms. The maximum absolute atomic E-state index is 12.6.